The zero-order chi connectivity index (χ0) is 15.6. The van der Waals surface area contributed by atoms with Gasteiger partial charge in [-0.25, -0.2) is 0 Å². The van der Waals surface area contributed by atoms with Gasteiger partial charge in [0.2, 0.25) is 5.76 Å². The molecule has 118 valence electrons. The fraction of sp³-hybridized carbons (Fsp3) is 0.688. The second-order valence-corrected chi connectivity index (χ2v) is 5.42. The Morgan fingerprint density at radius 1 is 1.19 bits per heavy atom. The predicted octanol–water partition coefficient (Wildman–Crippen LogP) is 1.61. The molecule has 5 nitrogen and oxygen atoms in total. The van der Waals surface area contributed by atoms with E-state index in [2.05, 4.69) is 23.9 Å². The van der Waals surface area contributed by atoms with Gasteiger partial charge in [-0.2, -0.15) is 0 Å². The second-order valence-electron chi connectivity index (χ2n) is 5.42. The van der Waals surface area contributed by atoms with Crippen molar-refractivity contribution in [3.05, 3.63) is 17.5 Å². The summed E-state index contributed by atoms with van der Waals surface area (Å²) in [6, 6.07) is 1.79. The van der Waals surface area contributed by atoms with E-state index in [1.165, 1.54) is 32.1 Å². The van der Waals surface area contributed by atoms with Crippen molar-refractivity contribution in [2.24, 2.45) is 5.73 Å². The number of unbranched alkanes of at least 4 members (excludes halogenated alkanes) is 5. The Labute approximate surface area is 126 Å². The third kappa shape index (κ3) is 6.76. The number of nitrogens with zero attached hydrogens (tertiary/aromatic N) is 1. The summed E-state index contributed by atoms with van der Waals surface area (Å²) in [5, 5.41) is 22.0. The number of aromatic nitrogens is 1. The largest absolute Gasteiger partial charge is 0.393 e. The Morgan fingerprint density at radius 2 is 1.86 bits per heavy atom. The van der Waals surface area contributed by atoms with E-state index in [0.29, 0.717) is 5.76 Å². The molecule has 0 saturated heterocycles. The minimum absolute atomic E-state index is 0.407. The first kappa shape index (κ1) is 17.7. The van der Waals surface area contributed by atoms with Gasteiger partial charge in [-0.05, 0) is 18.8 Å². The minimum atomic E-state index is -1.30. The average Bonchev–Trinajstić information content (AvgIpc) is 2.96. The molecule has 21 heavy (non-hydrogen) atoms. The van der Waals surface area contributed by atoms with Gasteiger partial charge in [0, 0.05) is 6.07 Å². The van der Waals surface area contributed by atoms with Crippen molar-refractivity contribution in [1.82, 2.24) is 5.16 Å². The van der Waals surface area contributed by atoms with Crippen LogP contribution in [0, 0.1) is 11.8 Å². The van der Waals surface area contributed by atoms with Crippen LogP contribution >= 0.6 is 0 Å². The second kappa shape index (κ2) is 9.56. The maximum Gasteiger partial charge on any atom is 0.209 e. The van der Waals surface area contributed by atoms with E-state index in [4.69, 9.17) is 20.5 Å². The van der Waals surface area contributed by atoms with Crippen LogP contribution < -0.4 is 5.73 Å². The van der Waals surface area contributed by atoms with Crippen molar-refractivity contribution in [3.63, 3.8) is 0 Å². The van der Waals surface area contributed by atoms with Crippen LogP contribution in [0.25, 0.3) is 0 Å². The number of hydrogen-bond acceptors (Lipinski definition) is 5. The molecule has 1 heterocycles. The standard InChI is InChI=1S/C16H26N2O3/c1-2-3-4-5-6-7-8-14-11-15(21-18-14)9-10-16(17,12-19)13-20/h11,19-20H,2-8,12-13,17H2,1H3. The third-order valence-electron chi connectivity index (χ3n) is 3.34. The van der Waals surface area contributed by atoms with Gasteiger partial charge < -0.3 is 20.5 Å². The zero-order valence-electron chi connectivity index (χ0n) is 12.8. The molecule has 0 saturated carbocycles. The Hall–Kier alpha value is -1.35. The number of rotatable bonds is 9. The molecule has 0 unspecified atom stereocenters. The maximum atomic E-state index is 9.04. The molecule has 4 N–H and O–H groups in total. The summed E-state index contributed by atoms with van der Waals surface area (Å²) >= 11 is 0. The van der Waals surface area contributed by atoms with Crippen LogP contribution in [0.4, 0.5) is 0 Å². The molecule has 0 fully saturated rings. The molecule has 1 aromatic heterocycles. The highest BCUT2D eigenvalue weighted by molar-refractivity contribution is 5.30. The normalized spacial score (nSPS) is 11.2. The van der Waals surface area contributed by atoms with Gasteiger partial charge in [-0.15, -0.1) is 0 Å². The van der Waals surface area contributed by atoms with E-state index in [9.17, 15) is 0 Å². The Balaban J connectivity index is 2.38. The number of nitrogens with two attached hydrogens (primary N) is 1. The Kier molecular flexibility index (Phi) is 8.06. The molecule has 0 radical (unpaired) electrons. The highest BCUT2D eigenvalue weighted by Crippen LogP contribution is 2.10. The number of aliphatic hydroxyl groups excluding tert-OH is 2. The first-order valence-corrected chi connectivity index (χ1v) is 7.63. The van der Waals surface area contributed by atoms with Gasteiger partial charge in [-0.3, -0.25) is 0 Å². The smallest absolute Gasteiger partial charge is 0.209 e. The Bertz CT molecular complexity index is 456. The molecule has 0 bridgehead atoms. The van der Waals surface area contributed by atoms with Crippen LogP contribution in [0.5, 0.6) is 0 Å². The first-order chi connectivity index (χ1) is 10.1. The van der Waals surface area contributed by atoms with Gasteiger partial charge in [0.15, 0.2) is 0 Å². The fourth-order valence-electron chi connectivity index (χ4n) is 1.89. The highest BCUT2D eigenvalue weighted by atomic mass is 16.5. The van der Waals surface area contributed by atoms with Crippen LogP contribution in [-0.2, 0) is 6.42 Å². The van der Waals surface area contributed by atoms with E-state index in [0.717, 1.165) is 18.5 Å². The first-order valence-electron chi connectivity index (χ1n) is 7.63. The highest BCUT2D eigenvalue weighted by Gasteiger charge is 2.19. The molecule has 0 aromatic carbocycles. The maximum absolute atomic E-state index is 9.04. The summed E-state index contributed by atoms with van der Waals surface area (Å²) in [7, 11) is 0. The lowest BCUT2D eigenvalue weighted by Gasteiger charge is -2.15. The molecule has 0 aliphatic carbocycles. The van der Waals surface area contributed by atoms with Crippen molar-refractivity contribution in [2.45, 2.75) is 57.4 Å². The van der Waals surface area contributed by atoms with Crippen LogP contribution in [0.3, 0.4) is 0 Å². The van der Waals surface area contributed by atoms with Gasteiger partial charge in [0.05, 0.1) is 18.9 Å². The number of hydrogen-bond donors (Lipinski definition) is 3. The lowest BCUT2D eigenvalue weighted by Crippen LogP contribution is -2.45. The molecule has 0 aliphatic rings. The minimum Gasteiger partial charge on any atom is -0.393 e. The zero-order valence-corrected chi connectivity index (χ0v) is 12.8. The van der Waals surface area contributed by atoms with E-state index in [1.807, 2.05) is 0 Å². The summed E-state index contributed by atoms with van der Waals surface area (Å²) in [4.78, 5) is 0. The lowest BCUT2D eigenvalue weighted by molar-refractivity contribution is 0.158. The van der Waals surface area contributed by atoms with Crippen molar-refractivity contribution >= 4 is 0 Å². The van der Waals surface area contributed by atoms with Crippen LogP contribution in [-0.4, -0.2) is 34.1 Å². The quantitative estimate of drug-likeness (QED) is 0.475. The van der Waals surface area contributed by atoms with Gasteiger partial charge >= 0.3 is 0 Å². The monoisotopic (exact) mass is 294 g/mol. The van der Waals surface area contributed by atoms with Crippen molar-refractivity contribution in [1.29, 1.82) is 0 Å². The van der Waals surface area contributed by atoms with E-state index >= 15 is 0 Å². The molecule has 1 rings (SSSR count). The summed E-state index contributed by atoms with van der Waals surface area (Å²) < 4.78 is 5.10. The summed E-state index contributed by atoms with van der Waals surface area (Å²) in [5.74, 6) is 5.72. The Morgan fingerprint density at radius 3 is 2.52 bits per heavy atom. The summed E-state index contributed by atoms with van der Waals surface area (Å²) in [5.41, 5.74) is 5.23. The van der Waals surface area contributed by atoms with E-state index < -0.39 is 18.8 Å². The molecule has 0 aliphatic heterocycles. The van der Waals surface area contributed by atoms with Crippen LogP contribution in [0.2, 0.25) is 0 Å². The number of aryl methyl sites for hydroxylation is 1. The van der Waals surface area contributed by atoms with Crippen molar-refractivity contribution < 1.29 is 14.7 Å². The summed E-state index contributed by atoms with van der Waals surface area (Å²) in [6.07, 6.45) is 8.31. The molecular formula is C16H26N2O3. The molecule has 0 amide bonds. The molecule has 0 atom stereocenters. The molecule has 5 heteroatoms. The predicted molar refractivity (Wildman–Crippen MR) is 81.6 cm³/mol. The average molecular weight is 294 g/mol. The van der Waals surface area contributed by atoms with E-state index in [1.54, 1.807) is 6.07 Å². The molecule has 0 spiro atoms. The van der Waals surface area contributed by atoms with E-state index in [-0.39, 0.29) is 0 Å². The third-order valence-corrected chi connectivity index (χ3v) is 3.34. The van der Waals surface area contributed by atoms with Crippen molar-refractivity contribution in [3.8, 4) is 11.8 Å². The van der Waals surface area contributed by atoms with Gasteiger partial charge in [0.1, 0.15) is 5.54 Å². The summed E-state index contributed by atoms with van der Waals surface area (Å²) in [6.45, 7) is 1.39. The fourth-order valence-corrected chi connectivity index (χ4v) is 1.89. The molecule has 1 aromatic rings. The van der Waals surface area contributed by atoms with Crippen LogP contribution in [0.1, 0.15) is 56.9 Å². The lowest BCUT2D eigenvalue weighted by atomic mass is 10.0. The topological polar surface area (TPSA) is 92.5 Å². The van der Waals surface area contributed by atoms with Crippen molar-refractivity contribution in [2.75, 3.05) is 13.2 Å². The molecular weight excluding hydrogens is 268 g/mol. The van der Waals surface area contributed by atoms with Gasteiger partial charge in [-0.1, -0.05) is 50.1 Å². The number of aliphatic hydroxyl groups is 2. The van der Waals surface area contributed by atoms with Crippen LogP contribution in [0.15, 0.2) is 10.6 Å². The van der Waals surface area contributed by atoms with Gasteiger partial charge in [0.25, 0.3) is 0 Å². The SMILES string of the molecule is CCCCCCCCc1cc(C#CC(N)(CO)CO)on1.